The summed E-state index contributed by atoms with van der Waals surface area (Å²) in [5, 5.41) is 4.02. The number of hydrogen-bond acceptors (Lipinski definition) is 3. The van der Waals surface area contributed by atoms with Gasteiger partial charge in [-0.25, -0.2) is 9.79 Å². The number of aromatic amines is 4. The highest BCUT2D eigenvalue weighted by molar-refractivity contribution is 6.76. The van der Waals surface area contributed by atoms with E-state index in [-0.39, 0.29) is 5.97 Å². The number of rotatable bonds is 7. The highest BCUT2D eigenvalue weighted by Gasteiger charge is 2.20. The molecule has 0 atom stereocenters. The average molecular weight is 694 g/mol. The van der Waals surface area contributed by atoms with Crippen LogP contribution in [0.2, 0.25) is 25.7 Å². The zero-order chi connectivity index (χ0) is 35.9. The van der Waals surface area contributed by atoms with Gasteiger partial charge in [-0.2, -0.15) is 0 Å². The van der Waals surface area contributed by atoms with Crippen LogP contribution in [-0.4, -0.2) is 46.3 Å². The van der Waals surface area contributed by atoms with E-state index in [9.17, 15) is 4.79 Å². The molecule has 0 saturated heterocycles. The van der Waals surface area contributed by atoms with Crippen LogP contribution in [0.3, 0.4) is 0 Å². The minimum Gasteiger partial charge on any atom is -0.462 e. The fourth-order valence-corrected chi connectivity index (χ4v) is 7.70. The first-order valence-electron chi connectivity index (χ1n) is 18.0. The number of H-pyrrole nitrogens is 4. The van der Waals surface area contributed by atoms with Gasteiger partial charge in [0.1, 0.15) is 0 Å². The Morgan fingerprint density at radius 1 is 0.745 bits per heavy atom. The predicted molar refractivity (Wildman–Crippen MR) is 212 cm³/mol. The standard InChI is InChI=1S/C43H47N5O2Si/c1-8-34-26(3)38-22-32-16-18-36(45-32)42(28-10-12-29(13-11-28)43(49)50-20-21-51(5,6)7)37-19-17-33(46-37)23-39-27(4)35(9-2)41(48-39)25-31-15-14-30(44-31)24-40(34)47-38/h10-19,22-25,44-47H,8-9,20-21H2,1-7H3/b30-24-,31-25?,32-22?,33-23?,38-22?,39-23-,40-24?,41-25?,42-36-,42-37?. The van der Waals surface area contributed by atoms with Crippen LogP contribution in [-0.2, 0) is 11.2 Å². The van der Waals surface area contributed by atoms with Crippen molar-refractivity contribution in [3.05, 3.63) is 144 Å². The summed E-state index contributed by atoms with van der Waals surface area (Å²) in [6.07, 6.45) is 10.5. The molecule has 51 heavy (non-hydrogen) atoms. The number of nitrogens with one attached hydrogen (secondary N) is 4. The lowest BCUT2D eigenvalue weighted by Crippen LogP contribution is -2.22. The zero-order valence-electron chi connectivity index (χ0n) is 30.7. The minimum atomic E-state index is -1.30. The van der Waals surface area contributed by atoms with Crippen LogP contribution in [0.25, 0.3) is 29.9 Å². The number of carbonyl (C=O) groups is 1. The molecule has 0 aliphatic carbocycles. The molecule has 2 aliphatic heterocycles. The van der Waals surface area contributed by atoms with Crippen molar-refractivity contribution in [2.24, 2.45) is 4.99 Å². The van der Waals surface area contributed by atoms with Gasteiger partial charge < -0.3 is 24.7 Å². The van der Waals surface area contributed by atoms with E-state index in [1.165, 1.54) is 22.3 Å². The van der Waals surface area contributed by atoms with Crippen molar-refractivity contribution in [3.63, 3.8) is 0 Å². The van der Waals surface area contributed by atoms with Gasteiger partial charge in [0.25, 0.3) is 0 Å². The summed E-state index contributed by atoms with van der Waals surface area (Å²) in [5.41, 5.74) is 13.6. The molecular weight excluding hydrogens is 647 g/mol. The maximum absolute atomic E-state index is 12.9. The molecule has 5 aromatic rings. The number of nitrogens with zero attached hydrogens (tertiary/aromatic N) is 1. The minimum absolute atomic E-state index is 0.282. The number of hydrogen-bond donors (Lipinski definition) is 4. The number of aliphatic imine (C=N–C) groups is 1. The zero-order valence-corrected chi connectivity index (χ0v) is 31.7. The van der Waals surface area contributed by atoms with Crippen LogP contribution >= 0.6 is 0 Å². The van der Waals surface area contributed by atoms with Gasteiger partial charge in [0.2, 0.25) is 0 Å². The highest BCUT2D eigenvalue weighted by atomic mass is 28.3. The van der Waals surface area contributed by atoms with E-state index in [2.05, 4.69) is 128 Å². The monoisotopic (exact) mass is 693 g/mol. The molecule has 0 spiro atoms. The molecule has 0 unspecified atom stereocenters. The Hall–Kier alpha value is -5.34. The molecule has 4 N–H and O–H groups in total. The number of benzene rings is 1. The Morgan fingerprint density at radius 3 is 2.18 bits per heavy atom. The normalized spacial score (nSPS) is 17.1. The molecule has 6 heterocycles. The van der Waals surface area contributed by atoms with Gasteiger partial charge in [0.05, 0.1) is 23.6 Å². The van der Waals surface area contributed by atoms with Crippen molar-refractivity contribution in [1.29, 1.82) is 0 Å². The van der Waals surface area contributed by atoms with Crippen molar-refractivity contribution in [3.8, 4) is 0 Å². The lowest BCUT2D eigenvalue weighted by molar-refractivity contribution is 0.0525. The van der Waals surface area contributed by atoms with Crippen molar-refractivity contribution in [2.45, 2.75) is 66.2 Å². The van der Waals surface area contributed by atoms with Crippen LogP contribution < -0.4 is 21.4 Å². The molecule has 10 bridgehead atoms. The molecule has 0 saturated carbocycles. The van der Waals surface area contributed by atoms with Crippen LogP contribution in [0.15, 0.2) is 82.5 Å². The summed E-state index contributed by atoms with van der Waals surface area (Å²) in [7, 11) is -1.30. The van der Waals surface area contributed by atoms with E-state index < -0.39 is 8.07 Å². The lowest BCUT2D eigenvalue weighted by Gasteiger charge is -2.15. The first-order valence-corrected chi connectivity index (χ1v) is 21.7. The van der Waals surface area contributed by atoms with Crippen molar-refractivity contribution in [1.82, 2.24) is 19.9 Å². The van der Waals surface area contributed by atoms with Crippen LogP contribution in [0, 0.1) is 6.92 Å². The van der Waals surface area contributed by atoms with Crippen molar-refractivity contribution >= 4 is 49.6 Å². The molecule has 7 nitrogen and oxygen atoms in total. The van der Waals surface area contributed by atoms with Gasteiger partial charge in [-0.1, -0.05) is 45.6 Å². The number of fused-ring (bicyclic) bond motifs is 9. The fourth-order valence-electron chi connectivity index (χ4n) is 6.99. The van der Waals surface area contributed by atoms with E-state index in [1.807, 2.05) is 24.3 Å². The molecule has 7 rings (SSSR count). The van der Waals surface area contributed by atoms with Crippen molar-refractivity contribution < 1.29 is 9.53 Å². The SMILES string of the molecule is CCC1=C(C)/C2=C/c3ccc([nH]3)/C(c3ccc(C(=O)OCC[Si](C)(C)C)cc3)=c3/ccc([nH]3)=Cc3[nH]c(c(CC)c3C)/C=c3/ccc([nH]3)=CC1=N2. The second-order valence-corrected chi connectivity index (χ2v) is 20.4. The van der Waals surface area contributed by atoms with E-state index in [1.54, 1.807) is 0 Å². The van der Waals surface area contributed by atoms with E-state index in [0.29, 0.717) is 12.2 Å². The lowest BCUT2D eigenvalue weighted by atomic mass is 10.0. The number of ether oxygens (including phenoxy) is 1. The average Bonchev–Trinajstić information content (AvgIpc) is 3.93. The first-order chi connectivity index (χ1) is 24.5. The quantitative estimate of drug-likeness (QED) is 0.114. The Labute approximate surface area is 300 Å². The molecule has 8 heteroatoms. The molecule has 2 aliphatic rings. The second-order valence-electron chi connectivity index (χ2n) is 14.7. The fraction of sp³-hybridized carbons (Fsp3) is 0.256. The predicted octanol–water partition coefficient (Wildman–Crippen LogP) is 6.59. The summed E-state index contributed by atoms with van der Waals surface area (Å²) in [5.74, 6) is -0.282. The summed E-state index contributed by atoms with van der Waals surface area (Å²) in [6, 6.07) is 21.4. The Kier molecular flexibility index (Phi) is 9.20. The number of esters is 1. The second kappa shape index (κ2) is 13.8. The third kappa shape index (κ3) is 7.14. The van der Waals surface area contributed by atoms with Gasteiger partial charge >= 0.3 is 5.97 Å². The topological polar surface area (TPSA) is 102 Å². The molecule has 0 amide bonds. The number of carbonyl (C=O) groups excluding carboxylic acids is 1. The largest absolute Gasteiger partial charge is 0.462 e. The van der Waals surface area contributed by atoms with Gasteiger partial charge in [-0.3, -0.25) is 0 Å². The summed E-state index contributed by atoms with van der Waals surface area (Å²) in [4.78, 5) is 32.7. The maximum atomic E-state index is 12.9. The van der Waals surface area contributed by atoms with Crippen LogP contribution in [0.1, 0.15) is 77.0 Å². The highest BCUT2D eigenvalue weighted by Crippen LogP contribution is 2.30. The van der Waals surface area contributed by atoms with E-state index in [0.717, 1.165) is 85.6 Å². The molecular formula is C43H47N5O2Si. The smallest absolute Gasteiger partial charge is 0.338 e. The van der Waals surface area contributed by atoms with Gasteiger partial charge in [-0.05, 0) is 133 Å². The summed E-state index contributed by atoms with van der Waals surface area (Å²) in [6.45, 7) is 16.0. The summed E-state index contributed by atoms with van der Waals surface area (Å²) < 4.78 is 5.64. The maximum Gasteiger partial charge on any atom is 0.338 e. The van der Waals surface area contributed by atoms with Gasteiger partial charge in [0.15, 0.2) is 0 Å². The molecule has 260 valence electrons. The molecule has 0 radical (unpaired) electrons. The van der Waals surface area contributed by atoms with Gasteiger partial charge in [-0.15, -0.1) is 0 Å². The molecule has 0 fully saturated rings. The van der Waals surface area contributed by atoms with E-state index in [4.69, 9.17) is 9.73 Å². The van der Waals surface area contributed by atoms with Crippen LogP contribution in [0.5, 0.6) is 0 Å². The first kappa shape index (κ1) is 34.1. The van der Waals surface area contributed by atoms with Crippen LogP contribution in [0.4, 0.5) is 0 Å². The molecule has 4 aromatic heterocycles. The van der Waals surface area contributed by atoms with Crippen molar-refractivity contribution in [2.75, 3.05) is 6.61 Å². The third-order valence-corrected chi connectivity index (χ3v) is 11.6. The third-order valence-electron chi connectivity index (χ3n) is 9.91. The Morgan fingerprint density at radius 2 is 1.45 bits per heavy atom. The Balaban J connectivity index is 1.39. The number of allylic oxidation sites excluding steroid dienone is 2. The Bertz CT molecular complexity index is 2490. The number of aromatic nitrogens is 4. The van der Waals surface area contributed by atoms with E-state index >= 15 is 0 Å². The summed E-state index contributed by atoms with van der Waals surface area (Å²) >= 11 is 0. The van der Waals surface area contributed by atoms with Gasteiger partial charge in [0, 0.05) is 57.8 Å². The molecule has 1 aromatic carbocycles.